The normalized spacial score (nSPS) is 17.2. The molecule has 1 N–H and O–H groups in total. The van der Waals surface area contributed by atoms with Crippen LogP contribution in [-0.2, 0) is 9.47 Å². The van der Waals surface area contributed by atoms with Crippen LogP contribution >= 0.6 is 11.6 Å². The van der Waals surface area contributed by atoms with Crippen LogP contribution in [0.5, 0.6) is 0 Å². The Morgan fingerprint density at radius 3 is 2.45 bits per heavy atom. The van der Waals surface area contributed by atoms with Gasteiger partial charge in [0, 0.05) is 42.2 Å². The van der Waals surface area contributed by atoms with Crippen LogP contribution in [0.3, 0.4) is 0 Å². The molecule has 7 nitrogen and oxygen atoms in total. The van der Waals surface area contributed by atoms with Crippen molar-refractivity contribution < 1.29 is 18.7 Å². The molecule has 0 radical (unpaired) electrons. The zero-order valence-corrected chi connectivity index (χ0v) is 18.6. The summed E-state index contributed by atoms with van der Waals surface area (Å²) in [6.45, 7) is 2.74. The van der Waals surface area contributed by atoms with Gasteiger partial charge in [0.1, 0.15) is 11.8 Å². The molecule has 0 atom stereocenters. The lowest BCUT2D eigenvalue weighted by molar-refractivity contribution is -0.169. The number of carbonyl (C=O) groups excluding carboxylic acids is 1. The maximum Gasteiger partial charge on any atom is 0.291 e. The number of hydrogen-bond acceptors (Lipinski definition) is 6. The molecule has 0 unspecified atom stereocenters. The van der Waals surface area contributed by atoms with Crippen molar-refractivity contribution in [3.63, 3.8) is 0 Å². The predicted molar refractivity (Wildman–Crippen MR) is 124 cm³/mol. The third-order valence-electron chi connectivity index (χ3n) is 6.01. The first kappa shape index (κ1) is 21.5. The molecule has 8 heteroatoms. The molecule has 5 rings (SSSR count). The Labute approximate surface area is 196 Å². The van der Waals surface area contributed by atoms with E-state index >= 15 is 0 Å². The van der Waals surface area contributed by atoms with Crippen LogP contribution < -0.4 is 10.2 Å². The molecule has 3 aromatic rings. The quantitative estimate of drug-likeness (QED) is 0.581. The topological polar surface area (TPSA) is 87.7 Å². The molecule has 1 amide bonds. The van der Waals surface area contributed by atoms with Gasteiger partial charge < -0.3 is 24.1 Å². The third-order valence-corrected chi connectivity index (χ3v) is 6.26. The van der Waals surface area contributed by atoms with Crippen molar-refractivity contribution in [1.82, 2.24) is 0 Å². The standard InChI is InChI=1S/C25H22ClN3O4/c26-19-3-1-17(2-4-19)22-7-8-23(33-22)24(30)28-20-5-6-21(18(15-20)16-27)29-11-9-25(10-12-29)31-13-14-32-25/h1-8,15H,9-14H2,(H,28,30). The fourth-order valence-electron chi connectivity index (χ4n) is 4.28. The van der Waals surface area contributed by atoms with Gasteiger partial charge in [0.25, 0.3) is 5.91 Å². The monoisotopic (exact) mass is 463 g/mol. The number of anilines is 2. The Morgan fingerprint density at radius 2 is 1.76 bits per heavy atom. The van der Waals surface area contributed by atoms with E-state index in [9.17, 15) is 10.1 Å². The van der Waals surface area contributed by atoms with Crippen LogP contribution in [0.1, 0.15) is 29.0 Å². The van der Waals surface area contributed by atoms with E-state index in [1.807, 2.05) is 18.2 Å². The number of ether oxygens (including phenoxy) is 2. The first-order valence-electron chi connectivity index (χ1n) is 10.8. The molecule has 0 bridgehead atoms. The minimum atomic E-state index is -0.467. The SMILES string of the molecule is N#Cc1cc(NC(=O)c2ccc(-c3ccc(Cl)cc3)o2)ccc1N1CCC2(CC1)OCCO2. The van der Waals surface area contributed by atoms with Crippen LogP contribution in [0, 0.1) is 11.3 Å². The number of nitrogens with one attached hydrogen (secondary N) is 1. The molecule has 2 fully saturated rings. The summed E-state index contributed by atoms with van der Waals surface area (Å²) in [4.78, 5) is 14.9. The van der Waals surface area contributed by atoms with Crippen molar-refractivity contribution in [2.75, 3.05) is 36.5 Å². The summed E-state index contributed by atoms with van der Waals surface area (Å²) in [5, 5.41) is 13.2. The summed E-state index contributed by atoms with van der Waals surface area (Å²) in [6, 6.07) is 18.1. The highest BCUT2D eigenvalue weighted by atomic mass is 35.5. The number of hydrogen-bond donors (Lipinski definition) is 1. The van der Waals surface area contributed by atoms with Crippen LogP contribution in [0.25, 0.3) is 11.3 Å². The zero-order valence-electron chi connectivity index (χ0n) is 17.8. The molecule has 33 heavy (non-hydrogen) atoms. The van der Waals surface area contributed by atoms with Gasteiger partial charge in [0.15, 0.2) is 11.5 Å². The number of rotatable bonds is 4. The summed E-state index contributed by atoms with van der Waals surface area (Å²) in [6.07, 6.45) is 1.51. The number of piperidine rings is 1. The fraction of sp³-hybridized carbons (Fsp3) is 0.280. The highest BCUT2D eigenvalue weighted by Crippen LogP contribution is 2.35. The number of carbonyl (C=O) groups is 1. The van der Waals surface area contributed by atoms with Crippen molar-refractivity contribution in [3.05, 3.63) is 70.9 Å². The van der Waals surface area contributed by atoms with Crippen LogP contribution in [0.15, 0.2) is 59.0 Å². The van der Waals surface area contributed by atoms with E-state index in [2.05, 4.69) is 16.3 Å². The average molecular weight is 464 g/mol. The van der Waals surface area contributed by atoms with E-state index in [4.69, 9.17) is 25.5 Å². The third kappa shape index (κ3) is 4.46. The average Bonchev–Trinajstić information content (AvgIpc) is 3.51. The van der Waals surface area contributed by atoms with Gasteiger partial charge >= 0.3 is 0 Å². The summed E-state index contributed by atoms with van der Waals surface area (Å²) < 4.78 is 17.3. The molecule has 2 saturated heterocycles. The highest BCUT2D eigenvalue weighted by molar-refractivity contribution is 6.30. The maximum absolute atomic E-state index is 12.7. The van der Waals surface area contributed by atoms with Crippen molar-refractivity contribution in [2.24, 2.45) is 0 Å². The molecule has 2 aliphatic heterocycles. The number of halogens is 1. The molecule has 1 aromatic heterocycles. The molecular formula is C25H22ClN3O4. The highest BCUT2D eigenvalue weighted by Gasteiger charge is 2.40. The number of amides is 1. The minimum absolute atomic E-state index is 0.181. The largest absolute Gasteiger partial charge is 0.451 e. The second kappa shape index (κ2) is 8.91. The van der Waals surface area contributed by atoms with Crippen LogP contribution in [-0.4, -0.2) is 38.0 Å². The number of benzene rings is 2. The summed E-state index contributed by atoms with van der Waals surface area (Å²) in [7, 11) is 0. The van der Waals surface area contributed by atoms with Gasteiger partial charge in [-0.25, -0.2) is 0 Å². The van der Waals surface area contributed by atoms with Crippen LogP contribution in [0.2, 0.25) is 5.02 Å². The predicted octanol–water partition coefficient (Wildman–Crippen LogP) is 5.07. The lowest BCUT2D eigenvalue weighted by Gasteiger charge is -2.39. The van der Waals surface area contributed by atoms with Crippen molar-refractivity contribution in [2.45, 2.75) is 18.6 Å². The molecule has 1 spiro atoms. The molecule has 0 aliphatic carbocycles. The zero-order chi connectivity index (χ0) is 22.8. The van der Waals surface area contributed by atoms with Gasteiger partial charge in [-0.05, 0) is 54.6 Å². The van der Waals surface area contributed by atoms with Gasteiger partial charge in [0.05, 0.1) is 24.5 Å². The Bertz CT molecular complexity index is 1200. The van der Waals surface area contributed by atoms with E-state index in [1.165, 1.54) is 0 Å². The van der Waals surface area contributed by atoms with Gasteiger partial charge in [-0.15, -0.1) is 0 Å². The maximum atomic E-state index is 12.7. The summed E-state index contributed by atoms with van der Waals surface area (Å²) in [5.74, 6) is -0.101. The molecule has 0 saturated carbocycles. The van der Waals surface area contributed by atoms with Crippen molar-refractivity contribution in [3.8, 4) is 17.4 Å². The van der Waals surface area contributed by atoms with Gasteiger partial charge in [-0.2, -0.15) is 5.26 Å². The molecule has 168 valence electrons. The Morgan fingerprint density at radius 1 is 1.03 bits per heavy atom. The lowest BCUT2D eigenvalue weighted by atomic mass is 10.0. The van der Waals surface area contributed by atoms with E-state index in [0.717, 1.165) is 37.2 Å². The van der Waals surface area contributed by atoms with Gasteiger partial charge in [-0.1, -0.05) is 11.6 Å². The van der Waals surface area contributed by atoms with Crippen molar-refractivity contribution in [1.29, 1.82) is 5.26 Å². The van der Waals surface area contributed by atoms with Crippen LogP contribution in [0.4, 0.5) is 11.4 Å². The number of nitrogens with zero attached hydrogens (tertiary/aromatic N) is 2. The summed E-state index contributed by atoms with van der Waals surface area (Å²) in [5.41, 5.74) is 2.69. The Balaban J connectivity index is 1.27. The van der Waals surface area contributed by atoms with Gasteiger partial charge in [-0.3, -0.25) is 4.79 Å². The first-order valence-corrected chi connectivity index (χ1v) is 11.2. The second-order valence-electron chi connectivity index (χ2n) is 8.06. The lowest BCUT2D eigenvalue weighted by Crippen LogP contribution is -2.45. The second-order valence-corrected chi connectivity index (χ2v) is 8.50. The summed E-state index contributed by atoms with van der Waals surface area (Å²) >= 11 is 5.93. The van der Waals surface area contributed by atoms with E-state index in [1.54, 1.807) is 36.4 Å². The Kier molecular flexibility index (Phi) is 5.81. The van der Waals surface area contributed by atoms with E-state index in [0.29, 0.717) is 35.2 Å². The first-order chi connectivity index (χ1) is 16.0. The molecule has 3 heterocycles. The van der Waals surface area contributed by atoms with Crippen molar-refractivity contribution >= 4 is 28.9 Å². The molecular weight excluding hydrogens is 442 g/mol. The molecule has 2 aliphatic rings. The fourth-order valence-corrected chi connectivity index (χ4v) is 4.40. The minimum Gasteiger partial charge on any atom is -0.451 e. The number of nitriles is 1. The Hall–Kier alpha value is -3.31. The van der Waals surface area contributed by atoms with E-state index < -0.39 is 5.79 Å². The van der Waals surface area contributed by atoms with Gasteiger partial charge in [0.2, 0.25) is 0 Å². The smallest absolute Gasteiger partial charge is 0.291 e. The van der Waals surface area contributed by atoms with E-state index in [-0.39, 0.29) is 11.7 Å². The number of furan rings is 1. The molecule has 2 aromatic carbocycles.